The average Bonchev–Trinajstić information content (AvgIpc) is 3.22. The molecular weight excluding hydrogens is 358 g/mol. The van der Waals surface area contributed by atoms with Gasteiger partial charge in [-0.2, -0.15) is 0 Å². The second-order valence-electron chi connectivity index (χ2n) is 7.29. The number of oxazole rings is 1. The molecule has 7 heteroatoms. The van der Waals surface area contributed by atoms with Crippen molar-refractivity contribution in [1.29, 1.82) is 0 Å². The van der Waals surface area contributed by atoms with Crippen LogP contribution in [0.1, 0.15) is 24.8 Å². The molecular formula is C21H29N3O4. The van der Waals surface area contributed by atoms with Gasteiger partial charge in [-0.25, -0.2) is 4.98 Å². The third-order valence-corrected chi connectivity index (χ3v) is 5.20. The van der Waals surface area contributed by atoms with E-state index < -0.39 is 0 Å². The number of hydrogen-bond donors (Lipinski definition) is 0. The molecule has 0 unspecified atom stereocenters. The van der Waals surface area contributed by atoms with Gasteiger partial charge in [-0.1, -0.05) is 0 Å². The van der Waals surface area contributed by atoms with Gasteiger partial charge < -0.3 is 23.7 Å². The molecule has 152 valence electrons. The van der Waals surface area contributed by atoms with Gasteiger partial charge in [0.25, 0.3) is 0 Å². The number of amides is 1. The summed E-state index contributed by atoms with van der Waals surface area (Å²) in [5, 5.41) is 0. The number of rotatable bonds is 8. The van der Waals surface area contributed by atoms with E-state index in [9.17, 15) is 4.79 Å². The molecule has 1 aliphatic rings. The Bertz CT molecular complexity index is 833. The molecule has 0 bridgehead atoms. The largest absolute Gasteiger partial charge is 0.497 e. The Balaban J connectivity index is 1.70. The zero-order chi connectivity index (χ0) is 20.3. The molecule has 1 fully saturated rings. The SMILES string of the molecule is CCN1C[C@@H](CN(C)Cc2nc(-c3ccc(OC)cc3OC)oc2C)CC1=O. The number of likely N-dealkylation sites (tertiary alicyclic amines) is 1. The lowest BCUT2D eigenvalue weighted by atomic mass is 10.1. The Hall–Kier alpha value is -2.54. The topological polar surface area (TPSA) is 68.0 Å². The lowest BCUT2D eigenvalue weighted by Gasteiger charge is -2.20. The predicted molar refractivity (Wildman–Crippen MR) is 106 cm³/mol. The molecule has 3 rings (SSSR count). The van der Waals surface area contributed by atoms with Crippen molar-refractivity contribution in [2.75, 3.05) is 40.9 Å². The van der Waals surface area contributed by atoms with Crippen molar-refractivity contribution in [3.63, 3.8) is 0 Å². The highest BCUT2D eigenvalue weighted by atomic mass is 16.5. The Morgan fingerprint density at radius 3 is 2.75 bits per heavy atom. The summed E-state index contributed by atoms with van der Waals surface area (Å²) in [6, 6.07) is 5.57. The molecule has 0 saturated carbocycles. The van der Waals surface area contributed by atoms with Crippen molar-refractivity contribution in [2.24, 2.45) is 5.92 Å². The molecule has 0 radical (unpaired) electrons. The number of nitrogens with zero attached hydrogens (tertiary/aromatic N) is 3. The Morgan fingerprint density at radius 1 is 1.32 bits per heavy atom. The first-order valence-corrected chi connectivity index (χ1v) is 9.60. The summed E-state index contributed by atoms with van der Waals surface area (Å²) in [7, 11) is 5.29. The van der Waals surface area contributed by atoms with Gasteiger partial charge in [-0.05, 0) is 38.9 Å². The molecule has 2 heterocycles. The zero-order valence-electron chi connectivity index (χ0n) is 17.3. The van der Waals surface area contributed by atoms with Crippen molar-refractivity contribution in [1.82, 2.24) is 14.8 Å². The molecule has 2 aromatic rings. The van der Waals surface area contributed by atoms with E-state index in [-0.39, 0.29) is 5.91 Å². The van der Waals surface area contributed by atoms with Crippen LogP contribution < -0.4 is 9.47 Å². The second kappa shape index (κ2) is 8.65. The summed E-state index contributed by atoms with van der Waals surface area (Å²) in [6.45, 7) is 7.10. The van der Waals surface area contributed by atoms with Crippen molar-refractivity contribution < 1.29 is 18.7 Å². The Labute approximate surface area is 166 Å². The molecule has 0 aliphatic carbocycles. The fraction of sp³-hybridized carbons (Fsp3) is 0.524. The first kappa shape index (κ1) is 20.2. The molecule has 1 atom stereocenters. The number of carbonyl (C=O) groups excluding carboxylic acids is 1. The van der Waals surface area contributed by atoms with Crippen LogP contribution in [0.3, 0.4) is 0 Å². The van der Waals surface area contributed by atoms with E-state index in [1.165, 1.54) is 0 Å². The summed E-state index contributed by atoms with van der Waals surface area (Å²) >= 11 is 0. The van der Waals surface area contributed by atoms with Crippen LogP contribution in [0.25, 0.3) is 11.5 Å². The van der Waals surface area contributed by atoms with Gasteiger partial charge in [0.05, 0.1) is 25.5 Å². The minimum atomic E-state index is 0.257. The quantitative estimate of drug-likeness (QED) is 0.694. The van der Waals surface area contributed by atoms with Crippen LogP contribution in [-0.4, -0.2) is 61.6 Å². The number of carbonyl (C=O) groups is 1. The fourth-order valence-electron chi connectivity index (χ4n) is 3.71. The highest BCUT2D eigenvalue weighted by Crippen LogP contribution is 2.34. The molecule has 1 aromatic heterocycles. The van der Waals surface area contributed by atoms with Crippen molar-refractivity contribution in [3.05, 3.63) is 29.7 Å². The van der Waals surface area contributed by atoms with Gasteiger partial charge in [0.15, 0.2) is 0 Å². The third kappa shape index (κ3) is 4.30. The lowest BCUT2D eigenvalue weighted by molar-refractivity contribution is -0.127. The Morgan fingerprint density at radius 2 is 2.11 bits per heavy atom. The summed E-state index contributed by atoms with van der Waals surface area (Å²) < 4.78 is 16.6. The van der Waals surface area contributed by atoms with E-state index in [0.717, 1.165) is 42.4 Å². The summed E-state index contributed by atoms with van der Waals surface area (Å²) in [4.78, 5) is 20.8. The number of benzene rings is 1. The minimum absolute atomic E-state index is 0.257. The molecule has 1 saturated heterocycles. The van der Waals surface area contributed by atoms with Crippen molar-refractivity contribution >= 4 is 5.91 Å². The average molecular weight is 387 g/mol. The minimum Gasteiger partial charge on any atom is -0.497 e. The zero-order valence-corrected chi connectivity index (χ0v) is 17.3. The lowest BCUT2D eigenvalue weighted by Crippen LogP contribution is -2.28. The van der Waals surface area contributed by atoms with E-state index >= 15 is 0 Å². The summed E-state index contributed by atoms with van der Waals surface area (Å²) in [5.74, 6) is 3.32. The van der Waals surface area contributed by atoms with Crippen LogP contribution in [0.4, 0.5) is 0 Å². The van der Waals surface area contributed by atoms with Crippen LogP contribution >= 0.6 is 0 Å². The number of methoxy groups -OCH3 is 2. The van der Waals surface area contributed by atoms with Crippen LogP contribution in [0, 0.1) is 12.8 Å². The van der Waals surface area contributed by atoms with Gasteiger partial charge in [0.2, 0.25) is 11.8 Å². The molecule has 7 nitrogen and oxygen atoms in total. The van der Waals surface area contributed by atoms with E-state index in [4.69, 9.17) is 18.9 Å². The normalized spacial score (nSPS) is 16.9. The monoisotopic (exact) mass is 387 g/mol. The second-order valence-corrected chi connectivity index (χ2v) is 7.29. The van der Waals surface area contributed by atoms with E-state index in [1.54, 1.807) is 14.2 Å². The number of aryl methyl sites for hydroxylation is 1. The van der Waals surface area contributed by atoms with Crippen LogP contribution in [0.15, 0.2) is 22.6 Å². The molecule has 28 heavy (non-hydrogen) atoms. The van der Waals surface area contributed by atoms with Crippen molar-refractivity contribution in [3.8, 4) is 23.0 Å². The van der Waals surface area contributed by atoms with Gasteiger partial charge in [-0.15, -0.1) is 0 Å². The molecule has 1 aliphatic heterocycles. The molecule has 0 N–H and O–H groups in total. The van der Waals surface area contributed by atoms with Crippen LogP contribution in [-0.2, 0) is 11.3 Å². The maximum Gasteiger partial charge on any atom is 0.230 e. The smallest absolute Gasteiger partial charge is 0.230 e. The third-order valence-electron chi connectivity index (χ3n) is 5.20. The van der Waals surface area contributed by atoms with Crippen LogP contribution in [0.2, 0.25) is 0 Å². The molecule has 0 spiro atoms. The number of hydrogen-bond acceptors (Lipinski definition) is 6. The highest BCUT2D eigenvalue weighted by molar-refractivity contribution is 5.78. The van der Waals surface area contributed by atoms with E-state index in [1.807, 2.05) is 36.9 Å². The first-order chi connectivity index (χ1) is 13.4. The van der Waals surface area contributed by atoms with Gasteiger partial charge >= 0.3 is 0 Å². The van der Waals surface area contributed by atoms with Gasteiger partial charge in [0.1, 0.15) is 17.3 Å². The summed E-state index contributed by atoms with van der Waals surface area (Å²) in [5.41, 5.74) is 1.69. The van der Waals surface area contributed by atoms with E-state index in [2.05, 4.69) is 11.9 Å². The van der Waals surface area contributed by atoms with Gasteiger partial charge in [-0.3, -0.25) is 4.79 Å². The van der Waals surface area contributed by atoms with Gasteiger partial charge in [0, 0.05) is 38.7 Å². The number of ether oxygens (including phenoxy) is 2. The fourth-order valence-corrected chi connectivity index (χ4v) is 3.71. The maximum absolute atomic E-state index is 11.9. The van der Waals surface area contributed by atoms with Crippen molar-refractivity contribution in [2.45, 2.75) is 26.8 Å². The Kier molecular flexibility index (Phi) is 6.24. The number of aromatic nitrogens is 1. The molecule has 1 amide bonds. The maximum atomic E-state index is 11.9. The van der Waals surface area contributed by atoms with Crippen LogP contribution in [0.5, 0.6) is 11.5 Å². The molecule has 1 aromatic carbocycles. The summed E-state index contributed by atoms with van der Waals surface area (Å²) in [6.07, 6.45) is 0.629. The standard InChI is InChI=1S/C21H29N3O4/c1-6-24-12-15(9-20(24)25)11-23(3)13-18-14(2)28-21(22-18)17-8-7-16(26-4)10-19(17)27-5/h7-8,10,15H,6,9,11-13H2,1-5H3/t15-/m1/s1. The highest BCUT2D eigenvalue weighted by Gasteiger charge is 2.29. The van der Waals surface area contributed by atoms with E-state index in [0.29, 0.717) is 30.5 Å². The first-order valence-electron chi connectivity index (χ1n) is 9.60. The predicted octanol–water partition coefficient (Wildman–Crippen LogP) is 2.97.